The standard InChI is InChI=1S/C15H9Cl2NO2/c16-10-1-3-11(4-2-10)20-12-5-6-13(14(17)7-12)15(8-18)9-19-15/h1-7H,9H2. The Balaban J connectivity index is 1.84. The maximum atomic E-state index is 9.09. The van der Waals surface area contributed by atoms with Crippen LogP contribution in [0.2, 0.25) is 10.0 Å². The molecule has 100 valence electrons. The molecule has 20 heavy (non-hydrogen) atoms. The van der Waals surface area contributed by atoms with Gasteiger partial charge in [0.25, 0.3) is 0 Å². The molecule has 0 spiro atoms. The second kappa shape index (κ2) is 4.99. The van der Waals surface area contributed by atoms with Crippen molar-refractivity contribution in [2.24, 2.45) is 0 Å². The quantitative estimate of drug-likeness (QED) is 0.782. The van der Waals surface area contributed by atoms with Crippen LogP contribution in [0.1, 0.15) is 5.56 Å². The summed E-state index contributed by atoms with van der Waals surface area (Å²) >= 11 is 12.0. The van der Waals surface area contributed by atoms with Crippen molar-refractivity contribution in [2.45, 2.75) is 5.60 Å². The summed E-state index contributed by atoms with van der Waals surface area (Å²) in [5.74, 6) is 1.26. The van der Waals surface area contributed by atoms with Gasteiger partial charge in [-0.25, -0.2) is 0 Å². The molecule has 1 saturated heterocycles. The van der Waals surface area contributed by atoms with Gasteiger partial charge in [-0.1, -0.05) is 23.2 Å². The second-order valence-corrected chi connectivity index (χ2v) is 5.27. The van der Waals surface area contributed by atoms with Crippen LogP contribution in [0.3, 0.4) is 0 Å². The molecule has 0 bridgehead atoms. The summed E-state index contributed by atoms with van der Waals surface area (Å²) in [6.45, 7) is 0.376. The first-order chi connectivity index (χ1) is 9.63. The van der Waals surface area contributed by atoms with Gasteiger partial charge in [0.2, 0.25) is 5.60 Å². The summed E-state index contributed by atoms with van der Waals surface area (Å²) in [4.78, 5) is 0. The third-order valence-electron chi connectivity index (χ3n) is 3.04. The Morgan fingerprint density at radius 3 is 2.30 bits per heavy atom. The van der Waals surface area contributed by atoms with E-state index in [4.69, 9.17) is 37.9 Å². The first-order valence-corrected chi connectivity index (χ1v) is 6.67. The normalized spacial score (nSPS) is 20.2. The van der Waals surface area contributed by atoms with Crippen molar-refractivity contribution in [1.82, 2.24) is 0 Å². The lowest BCUT2D eigenvalue weighted by atomic mass is 10.0. The van der Waals surface area contributed by atoms with Gasteiger partial charge in [-0.15, -0.1) is 0 Å². The fourth-order valence-electron chi connectivity index (χ4n) is 1.88. The Kier molecular flexibility index (Phi) is 3.31. The molecule has 2 aromatic rings. The van der Waals surface area contributed by atoms with Crippen molar-refractivity contribution >= 4 is 23.2 Å². The molecule has 0 amide bonds. The van der Waals surface area contributed by atoms with Crippen molar-refractivity contribution in [3.8, 4) is 17.6 Å². The van der Waals surface area contributed by atoms with Crippen molar-refractivity contribution in [3.63, 3.8) is 0 Å². The minimum Gasteiger partial charge on any atom is -0.457 e. The van der Waals surface area contributed by atoms with Gasteiger partial charge >= 0.3 is 0 Å². The van der Waals surface area contributed by atoms with Crippen molar-refractivity contribution in [1.29, 1.82) is 5.26 Å². The SMILES string of the molecule is N#CC1(c2ccc(Oc3ccc(Cl)cc3)cc2Cl)CO1. The number of ether oxygens (including phenoxy) is 2. The third-order valence-corrected chi connectivity index (χ3v) is 3.60. The first kappa shape index (κ1) is 13.3. The molecule has 0 aromatic heterocycles. The van der Waals surface area contributed by atoms with Crippen molar-refractivity contribution in [3.05, 3.63) is 58.1 Å². The highest BCUT2D eigenvalue weighted by atomic mass is 35.5. The number of hydrogen-bond acceptors (Lipinski definition) is 3. The molecule has 3 nitrogen and oxygen atoms in total. The molecule has 0 radical (unpaired) electrons. The number of rotatable bonds is 3. The highest BCUT2D eigenvalue weighted by molar-refractivity contribution is 6.31. The zero-order chi connectivity index (χ0) is 14.2. The molecule has 3 rings (SSSR count). The molecule has 0 N–H and O–H groups in total. The summed E-state index contributed by atoms with van der Waals surface area (Å²) in [5.41, 5.74) is -0.208. The Bertz CT molecular complexity index is 688. The van der Waals surface area contributed by atoms with Crippen LogP contribution in [0.5, 0.6) is 11.5 Å². The maximum Gasteiger partial charge on any atom is 0.204 e. The number of halogens is 2. The lowest BCUT2D eigenvalue weighted by Gasteiger charge is -2.10. The number of nitrogens with zero attached hydrogens (tertiary/aromatic N) is 1. The average Bonchev–Trinajstić information content (AvgIpc) is 3.22. The van der Waals surface area contributed by atoms with Gasteiger partial charge in [-0.3, -0.25) is 0 Å². The molecule has 1 heterocycles. The summed E-state index contributed by atoms with van der Waals surface area (Å²) < 4.78 is 10.9. The van der Waals surface area contributed by atoms with Gasteiger partial charge in [0.1, 0.15) is 17.6 Å². The van der Waals surface area contributed by atoms with Gasteiger partial charge in [-0.05, 0) is 42.5 Å². The van der Waals surface area contributed by atoms with E-state index in [1.54, 1.807) is 42.5 Å². The first-order valence-electron chi connectivity index (χ1n) is 5.92. The molecule has 2 aromatic carbocycles. The number of hydrogen-bond donors (Lipinski definition) is 0. The Hall–Kier alpha value is -1.73. The van der Waals surface area contributed by atoms with Crippen LogP contribution in [0.4, 0.5) is 0 Å². The van der Waals surface area contributed by atoms with Crippen LogP contribution >= 0.6 is 23.2 Å². The van der Waals surface area contributed by atoms with E-state index in [9.17, 15) is 0 Å². The molecular formula is C15H9Cl2NO2. The van der Waals surface area contributed by atoms with Crippen LogP contribution in [-0.2, 0) is 10.3 Å². The number of epoxide rings is 1. The van der Waals surface area contributed by atoms with Gasteiger partial charge in [0, 0.05) is 10.6 Å². The van der Waals surface area contributed by atoms with Gasteiger partial charge in [0.05, 0.1) is 11.6 Å². The Morgan fingerprint density at radius 1 is 1.10 bits per heavy atom. The molecule has 1 unspecified atom stereocenters. The fourth-order valence-corrected chi connectivity index (χ4v) is 2.33. The van der Waals surface area contributed by atoms with E-state index in [1.165, 1.54) is 0 Å². The highest BCUT2D eigenvalue weighted by Gasteiger charge is 2.48. The van der Waals surface area contributed by atoms with Crippen LogP contribution < -0.4 is 4.74 Å². The fraction of sp³-hybridized carbons (Fsp3) is 0.133. The molecule has 0 saturated carbocycles. The average molecular weight is 306 g/mol. The van der Waals surface area contributed by atoms with E-state index in [0.29, 0.717) is 33.7 Å². The summed E-state index contributed by atoms with van der Waals surface area (Å²) in [7, 11) is 0. The topological polar surface area (TPSA) is 45.5 Å². The predicted octanol–water partition coefficient (Wildman–Crippen LogP) is 4.53. The number of nitriles is 1. The molecule has 1 fully saturated rings. The van der Waals surface area contributed by atoms with Gasteiger partial charge in [0.15, 0.2) is 0 Å². The smallest absolute Gasteiger partial charge is 0.204 e. The molecule has 1 aliphatic rings. The van der Waals surface area contributed by atoms with E-state index in [0.717, 1.165) is 0 Å². The van der Waals surface area contributed by atoms with E-state index in [-0.39, 0.29) is 0 Å². The van der Waals surface area contributed by atoms with E-state index in [2.05, 4.69) is 6.07 Å². The van der Waals surface area contributed by atoms with E-state index < -0.39 is 5.60 Å². The van der Waals surface area contributed by atoms with Crippen LogP contribution in [0, 0.1) is 11.3 Å². The van der Waals surface area contributed by atoms with Crippen LogP contribution in [-0.4, -0.2) is 6.61 Å². The van der Waals surface area contributed by atoms with Crippen LogP contribution in [0.25, 0.3) is 0 Å². The summed E-state index contributed by atoms with van der Waals surface area (Å²) in [6.07, 6.45) is 0. The minimum absolute atomic E-state index is 0.376. The minimum atomic E-state index is -0.879. The van der Waals surface area contributed by atoms with Crippen molar-refractivity contribution in [2.75, 3.05) is 6.61 Å². The van der Waals surface area contributed by atoms with Crippen LogP contribution in [0.15, 0.2) is 42.5 Å². The molecule has 1 atom stereocenters. The van der Waals surface area contributed by atoms with Gasteiger partial charge < -0.3 is 9.47 Å². The Morgan fingerprint density at radius 2 is 1.75 bits per heavy atom. The zero-order valence-electron chi connectivity index (χ0n) is 10.3. The monoisotopic (exact) mass is 305 g/mol. The number of benzene rings is 2. The van der Waals surface area contributed by atoms with E-state index >= 15 is 0 Å². The van der Waals surface area contributed by atoms with E-state index in [1.807, 2.05) is 0 Å². The maximum absolute atomic E-state index is 9.09. The summed E-state index contributed by atoms with van der Waals surface area (Å²) in [5, 5.41) is 10.2. The highest BCUT2D eigenvalue weighted by Crippen LogP contribution is 2.42. The molecule has 0 aliphatic carbocycles. The Labute approximate surface area is 126 Å². The predicted molar refractivity (Wildman–Crippen MR) is 76.2 cm³/mol. The third kappa shape index (κ3) is 2.46. The molecule has 1 aliphatic heterocycles. The molecular weight excluding hydrogens is 297 g/mol. The zero-order valence-corrected chi connectivity index (χ0v) is 11.8. The molecule has 5 heteroatoms. The lowest BCUT2D eigenvalue weighted by Crippen LogP contribution is -2.05. The second-order valence-electron chi connectivity index (χ2n) is 4.43. The van der Waals surface area contributed by atoms with Crippen molar-refractivity contribution < 1.29 is 9.47 Å². The largest absolute Gasteiger partial charge is 0.457 e. The van der Waals surface area contributed by atoms with Gasteiger partial charge in [-0.2, -0.15) is 5.26 Å². The lowest BCUT2D eigenvalue weighted by molar-refractivity contribution is 0.363. The summed E-state index contributed by atoms with van der Waals surface area (Å²) in [6, 6.07) is 14.3.